The lowest BCUT2D eigenvalue weighted by molar-refractivity contribution is -0.149. The number of hydrogen-bond donors (Lipinski definition) is 1. The van der Waals surface area contributed by atoms with E-state index >= 15 is 0 Å². The molecule has 0 unspecified atom stereocenters. The van der Waals surface area contributed by atoms with Crippen LogP contribution in [-0.2, 0) is 9.59 Å². The highest BCUT2D eigenvalue weighted by atomic mass is 32.2. The second-order valence-electron chi connectivity index (χ2n) is 6.64. The summed E-state index contributed by atoms with van der Waals surface area (Å²) >= 11 is 1.99. The van der Waals surface area contributed by atoms with E-state index in [9.17, 15) is 19.5 Å². The Labute approximate surface area is 185 Å². The molecule has 3 atom stereocenters. The maximum absolute atomic E-state index is 13.1. The molecule has 0 aromatic heterocycles. The van der Waals surface area contributed by atoms with Gasteiger partial charge < -0.3 is 10.0 Å². The molecule has 7 heteroatoms. The van der Waals surface area contributed by atoms with Gasteiger partial charge in [0.25, 0.3) is 0 Å². The lowest BCUT2D eigenvalue weighted by Crippen LogP contribution is -2.43. The quantitative estimate of drug-likeness (QED) is 0.709. The third-order valence-electron chi connectivity index (χ3n) is 4.49. The maximum atomic E-state index is 13.1. The number of aliphatic carboxylic acids is 1. The topological polar surface area (TPSA) is 74.7 Å². The van der Waals surface area contributed by atoms with E-state index in [1.807, 2.05) is 0 Å². The van der Waals surface area contributed by atoms with E-state index in [1.54, 1.807) is 37.3 Å². The minimum Gasteiger partial charge on any atom is -0.480 e. The third-order valence-corrected chi connectivity index (χ3v) is 6.77. The zero-order valence-corrected chi connectivity index (χ0v) is 17.3. The molecule has 0 saturated carbocycles. The summed E-state index contributed by atoms with van der Waals surface area (Å²) in [5.74, 6) is -1.98. The number of carbonyl (C=O) groups excluding carboxylic acids is 2. The molecule has 0 aliphatic carbocycles. The fraction of sp³-hybridized carbons (Fsp3) is 0.318. The smallest absolute Gasteiger partial charge is 0.326 e. The van der Waals surface area contributed by atoms with Crippen molar-refractivity contribution in [3.8, 4) is 0 Å². The van der Waals surface area contributed by atoms with Crippen molar-refractivity contribution < 1.29 is 26.3 Å². The van der Waals surface area contributed by atoms with E-state index in [0.29, 0.717) is 5.56 Å². The molecular formula is C22H23NO4S2. The van der Waals surface area contributed by atoms with Crippen LogP contribution in [0.1, 0.15) is 30.6 Å². The summed E-state index contributed by atoms with van der Waals surface area (Å²) in [7, 11) is 0. The van der Waals surface area contributed by atoms with Gasteiger partial charge >= 0.3 is 5.97 Å². The first-order valence-corrected chi connectivity index (χ1v) is 10.9. The van der Waals surface area contributed by atoms with Crippen LogP contribution in [0.4, 0.5) is 0 Å². The molecule has 1 saturated heterocycles. The second kappa shape index (κ2) is 9.98. The van der Waals surface area contributed by atoms with Crippen molar-refractivity contribution in [2.75, 3.05) is 12.3 Å². The van der Waals surface area contributed by atoms with Crippen LogP contribution in [0.15, 0.2) is 65.4 Å². The second-order valence-corrected chi connectivity index (χ2v) is 8.94. The summed E-state index contributed by atoms with van der Waals surface area (Å²) in [4.78, 5) is 38.5. The molecule has 5 nitrogen and oxygen atoms in total. The van der Waals surface area contributed by atoms with Crippen molar-refractivity contribution in [1.82, 2.24) is 4.90 Å². The number of carbonyl (C=O) groups is 3. The van der Waals surface area contributed by atoms with Crippen LogP contribution in [-0.4, -0.2) is 50.6 Å². The van der Waals surface area contributed by atoms with Gasteiger partial charge in [0.15, 0.2) is 0 Å². The lowest BCUT2D eigenvalue weighted by atomic mass is 10.1. The normalized spacial score (nSPS) is 22.1. The van der Waals surface area contributed by atoms with Gasteiger partial charge in [0.2, 0.25) is 11.0 Å². The molecule has 29 heavy (non-hydrogen) atoms. The number of rotatable bonds is 7. The Morgan fingerprint density at radius 1 is 1.21 bits per heavy atom. The number of carboxylic acid groups (broad SMARTS) is 1. The van der Waals surface area contributed by atoms with Gasteiger partial charge in [0, 0.05) is 33.9 Å². The summed E-state index contributed by atoms with van der Waals surface area (Å²) in [6.07, 6.45) is 0.0801. The highest BCUT2D eigenvalue weighted by Gasteiger charge is 2.41. The van der Waals surface area contributed by atoms with Gasteiger partial charge in [-0.25, -0.2) is 4.79 Å². The monoisotopic (exact) mass is 434 g/mol. The predicted octanol–water partition coefficient (Wildman–Crippen LogP) is 4.04. The van der Waals surface area contributed by atoms with E-state index in [-0.39, 0.29) is 40.8 Å². The van der Waals surface area contributed by atoms with Crippen LogP contribution in [0.5, 0.6) is 0 Å². The summed E-state index contributed by atoms with van der Waals surface area (Å²) in [6.45, 7) is 1.70. The molecule has 1 aliphatic rings. The number of thioether (sulfide) groups is 2. The minimum atomic E-state index is -1.17. The largest absolute Gasteiger partial charge is 0.480 e. The fourth-order valence-corrected chi connectivity index (χ4v) is 4.95. The number of carboxylic acids is 1. The molecule has 2 aromatic rings. The van der Waals surface area contributed by atoms with Crippen molar-refractivity contribution in [2.24, 2.45) is 5.92 Å². The molecule has 0 spiro atoms. The van der Waals surface area contributed by atoms with Crippen LogP contribution in [0, 0.1) is 5.92 Å². The van der Waals surface area contributed by atoms with Gasteiger partial charge in [-0.3, -0.25) is 9.59 Å². The van der Waals surface area contributed by atoms with Crippen molar-refractivity contribution >= 4 is 40.5 Å². The van der Waals surface area contributed by atoms with Crippen molar-refractivity contribution in [2.45, 2.75) is 29.5 Å². The Kier molecular flexibility index (Phi) is 5.36. The van der Waals surface area contributed by atoms with E-state index < -0.39 is 47.2 Å². The number of likely N-dealkylation sites (tertiary alicyclic amines) is 1. The summed E-state index contributed by atoms with van der Waals surface area (Å²) in [5.41, 5.74) is 0.520. The zero-order chi connectivity index (χ0) is 25.2. The summed E-state index contributed by atoms with van der Waals surface area (Å²) < 4.78 is 39.5. The molecule has 1 heterocycles. The zero-order valence-electron chi connectivity index (χ0n) is 20.7. The van der Waals surface area contributed by atoms with Crippen LogP contribution in [0.3, 0.4) is 0 Å². The SMILES string of the molecule is [2H]c1c([2H])c([2H])c(S[C@H]2C[C@@H](C(=O)O)N(C(=O)[C@H](C)CSC(=O)c3ccccc3)C2)c([2H])c1[2H]. The van der Waals surface area contributed by atoms with E-state index in [2.05, 4.69) is 0 Å². The molecule has 1 N–H and O–H groups in total. The van der Waals surface area contributed by atoms with Gasteiger partial charge in [-0.2, -0.15) is 0 Å². The average Bonchev–Trinajstić information content (AvgIpc) is 3.26. The Morgan fingerprint density at radius 2 is 1.90 bits per heavy atom. The molecule has 2 aromatic carbocycles. The molecule has 3 rings (SSSR count). The Morgan fingerprint density at radius 3 is 2.55 bits per heavy atom. The Bertz CT molecular complexity index is 1090. The molecule has 0 bridgehead atoms. The number of hydrogen-bond acceptors (Lipinski definition) is 5. The van der Waals surface area contributed by atoms with Gasteiger partial charge in [0.05, 0.1) is 6.85 Å². The fourth-order valence-electron chi connectivity index (χ4n) is 3.04. The van der Waals surface area contributed by atoms with Crippen LogP contribution < -0.4 is 0 Å². The van der Waals surface area contributed by atoms with Gasteiger partial charge in [-0.15, -0.1) is 11.8 Å². The maximum Gasteiger partial charge on any atom is 0.326 e. The van der Waals surface area contributed by atoms with Crippen LogP contribution in [0.25, 0.3) is 0 Å². The van der Waals surface area contributed by atoms with Crippen LogP contribution >= 0.6 is 23.5 Å². The molecule has 0 radical (unpaired) electrons. The predicted molar refractivity (Wildman–Crippen MR) is 116 cm³/mol. The van der Waals surface area contributed by atoms with Crippen molar-refractivity contribution in [1.29, 1.82) is 0 Å². The summed E-state index contributed by atoms with van der Waals surface area (Å²) in [6, 6.07) is 5.45. The molecular weight excluding hydrogens is 406 g/mol. The van der Waals surface area contributed by atoms with Crippen LogP contribution in [0.2, 0.25) is 0 Å². The van der Waals surface area contributed by atoms with E-state index in [0.717, 1.165) is 23.5 Å². The van der Waals surface area contributed by atoms with Gasteiger partial charge in [0.1, 0.15) is 6.04 Å². The van der Waals surface area contributed by atoms with E-state index in [1.165, 1.54) is 4.90 Å². The average molecular weight is 435 g/mol. The number of amides is 1. The van der Waals surface area contributed by atoms with Gasteiger partial charge in [-0.05, 0) is 18.5 Å². The highest BCUT2D eigenvalue weighted by molar-refractivity contribution is 8.14. The molecule has 1 fully saturated rings. The summed E-state index contributed by atoms with van der Waals surface area (Å²) in [5, 5.41) is 9.04. The van der Waals surface area contributed by atoms with Crippen molar-refractivity contribution in [3.63, 3.8) is 0 Å². The Balaban J connectivity index is 1.71. The molecule has 152 valence electrons. The first-order chi connectivity index (χ1) is 16.0. The highest BCUT2D eigenvalue weighted by Crippen LogP contribution is 2.34. The minimum absolute atomic E-state index is 0.0338. The Hall–Kier alpha value is -2.25. The number of nitrogens with zero attached hydrogens (tertiary/aromatic N) is 1. The molecule has 1 amide bonds. The standard InChI is InChI=1S/C22H23NO4S2/c1-15(14-28-22(27)16-8-4-2-5-9-16)20(24)23-13-18(12-19(23)21(25)26)29-17-10-6-3-7-11-17/h2-11,15,18-19H,12-14H2,1H3,(H,25,26)/t15-,18+,19+/m1/s1/i3D,6D,7D,10D,11D. The van der Waals surface area contributed by atoms with Gasteiger partial charge in [-0.1, -0.05) is 67.1 Å². The molecule has 1 aliphatic heterocycles. The third kappa shape index (κ3) is 5.64. The number of benzene rings is 2. The van der Waals surface area contributed by atoms with Crippen molar-refractivity contribution in [3.05, 3.63) is 66.1 Å². The first kappa shape index (κ1) is 15.6. The first-order valence-electron chi connectivity index (χ1n) is 11.5. The van der Waals surface area contributed by atoms with E-state index in [4.69, 9.17) is 6.85 Å². The lowest BCUT2D eigenvalue weighted by Gasteiger charge is -2.24.